The SMILES string of the molecule is CCCCCC(NC)N(CCC)C1CCc2c(ccc(OC)c2OC)C1. The van der Waals surface area contributed by atoms with Gasteiger partial charge in [-0.3, -0.25) is 4.90 Å². The van der Waals surface area contributed by atoms with Crippen LogP contribution in [0.25, 0.3) is 0 Å². The summed E-state index contributed by atoms with van der Waals surface area (Å²) in [4.78, 5) is 2.72. The van der Waals surface area contributed by atoms with Crippen LogP contribution in [-0.2, 0) is 12.8 Å². The van der Waals surface area contributed by atoms with Gasteiger partial charge in [0.2, 0.25) is 0 Å². The Morgan fingerprint density at radius 1 is 1.15 bits per heavy atom. The molecule has 1 aliphatic rings. The van der Waals surface area contributed by atoms with Gasteiger partial charge in [0, 0.05) is 11.6 Å². The Kier molecular flexibility index (Phi) is 8.73. The summed E-state index contributed by atoms with van der Waals surface area (Å²) in [5, 5.41) is 3.59. The molecule has 148 valence electrons. The molecule has 2 rings (SSSR count). The standard InChI is InChI=1S/C22H38N2O2/c1-6-8-9-10-21(23-3)24(15-7-2)18-12-13-19-17(16-18)11-14-20(25-4)22(19)26-5/h11,14,18,21,23H,6-10,12-13,15-16H2,1-5H3. The van der Waals surface area contributed by atoms with Crippen molar-refractivity contribution in [2.24, 2.45) is 0 Å². The molecule has 0 spiro atoms. The molecule has 0 amide bonds. The van der Waals surface area contributed by atoms with Gasteiger partial charge in [0.05, 0.1) is 20.4 Å². The number of benzene rings is 1. The molecule has 2 unspecified atom stereocenters. The summed E-state index contributed by atoms with van der Waals surface area (Å²) in [7, 11) is 5.58. The fraction of sp³-hybridized carbons (Fsp3) is 0.727. The maximum absolute atomic E-state index is 5.66. The number of rotatable bonds is 11. The molecule has 2 atom stereocenters. The minimum atomic E-state index is 0.480. The zero-order valence-corrected chi connectivity index (χ0v) is 17.4. The maximum Gasteiger partial charge on any atom is 0.164 e. The van der Waals surface area contributed by atoms with Crippen molar-refractivity contribution >= 4 is 0 Å². The van der Waals surface area contributed by atoms with Gasteiger partial charge in [-0.15, -0.1) is 0 Å². The molecule has 0 radical (unpaired) electrons. The number of methoxy groups -OCH3 is 2. The fourth-order valence-electron chi connectivity index (χ4n) is 4.36. The lowest BCUT2D eigenvalue weighted by molar-refractivity contribution is 0.0953. The second-order valence-corrected chi connectivity index (χ2v) is 7.37. The average molecular weight is 363 g/mol. The van der Waals surface area contributed by atoms with E-state index in [4.69, 9.17) is 9.47 Å². The van der Waals surface area contributed by atoms with E-state index in [1.54, 1.807) is 14.2 Å². The van der Waals surface area contributed by atoms with Gasteiger partial charge in [-0.1, -0.05) is 39.2 Å². The van der Waals surface area contributed by atoms with E-state index >= 15 is 0 Å². The Labute approximate surface area is 160 Å². The average Bonchev–Trinajstić information content (AvgIpc) is 2.68. The monoisotopic (exact) mass is 362 g/mol. The third-order valence-corrected chi connectivity index (χ3v) is 5.69. The normalized spacial score (nSPS) is 17.8. The number of unbranched alkanes of at least 4 members (excludes halogenated alkanes) is 2. The van der Waals surface area contributed by atoms with Gasteiger partial charge in [0.25, 0.3) is 0 Å². The van der Waals surface area contributed by atoms with Crippen LogP contribution >= 0.6 is 0 Å². The van der Waals surface area contributed by atoms with Crippen molar-refractivity contribution in [3.05, 3.63) is 23.3 Å². The zero-order valence-electron chi connectivity index (χ0n) is 17.4. The molecule has 0 aromatic heterocycles. The van der Waals surface area contributed by atoms with Crippen LogP contribution in [0.15, 0.2) is 12.1 Å². The van der Waals surface area contributed by atoms with E-state index in [0.29, 0.717) is 12.2 Å². The van der Waals surface area contributed by atoms with Crippen molar-refractivity contribution in [2.75, 3.05) is 27.8 Å². The molecular formula is C22H38N2O2. The van der Waals surface area contributed by atoms with Gasteiger partial charge < -0.3 is 14.8 Å². The molecular weight excluding hydrogens is 324 g/mol. The quantitative estimate of drug-likeness (QED) is 0.467. The van der Waals surface area contributed by atoms with Crippen molar-refractivity contribution in [1.29, 1.82) is 0 Å². The van der Waals surface area contributed by atoms with Crippen molar-refractivity contribution in [3.8, 4) is 11.5 Å². The van der Waals surface area contributed by atoms with Crippen LogP contribution in [0.3, 0.4) is 0 Å². The molecule has 0 fully saturated rings. The van der Waals surface area contributed by atoms with Crippen LogP contribution in [0.1, 0.15) is 63.5 Å². The number of nitrogens with zero attached hydrogens (tertiary/aromatic N) is 1. The van der Waals surface area contributed by atoms with Gasteiger partial charge >= 0.3 is 0 Å². The topological polar surface area (TPSA) is 33.7 Å². The lowest BCUT2D eigenvalue weighted by Gasteiger charge is -2.40. The Morgan fingerprint density at radius 2 is 1.96 bits per heavy atom. The van der Waals surface area contributed by atoms with E-state index in [1.165, 1.54) is 49.7 Å². The summed E-state index contributed by atoms with van der Waals surface area (Å²) >= 11 is 0. The molecule has 0 aliphatic heterocycles. The van der Waals surface area contributed by atoms with Crippen molar-refractivity contribution in [2.45, 2.75) is 77.4 Å². The third kappa shape index (κ3) is 4.92. The lowest BCUT2D eigenvalue weighted by Crippen LogP contribution is -2.51. The minimum absolute atomic E-state index is 0.480. The van der Waals surface area contributed by atoms with E-state index in [0.717, 1.165) is 30.9 Å². The highest BCUT2D eigenvalue weighted by Gasteiger charge is 2.30. The molecule has 1 aromatic rings. The van der Waals surface area contributed by atoms with Gasteiger partial charge in [0.1, 0.15) is 0 Å². The van der Waals surface area contributed by atoms with Crippen LogP contribution < -0.4 is 14.8 Å². The summed E-state index contributed by atoms with van der Waals surface area (Å²) < 4.78 is 11.1. The van der Waals surface area contributed by atoms with Gasteiger partial charge in [0.15, 0.2) is 11.5 Å². The predicted molar refractivity (Wildman–Crippen MR) is 109 cm³/mol. The number of hydrogen-bond donors (Lipinski definition) is 1. The molecule has 0 bridgehead atoms. The summed E-state index contributed by atoms with van der Waals surface area (Å²) in [6.07, 6.45) is 10.2. The lowest BCUT2D eigenvalue weighted by atomic mass is 9.86. The van der Waals surface area contributed by atoms with E-state index < -0.39 is 0 Å². The van der Waals surface area contributed by atoms with Gasteiger partial charge in [-0.2, -0.15) is 0 Å². The van der Waals surface area contributed by atoms with E-state index in [-0.39, 0.29) is 0 Å². The highest BCUT2D eigenvalue weighted by molar-refractivity contribution is 5.52. The molecule has 1 aliphatic carbocycles. The largest absolute Gasteiger partial charge is 0.493 e. The number of ether oxygens (including phenoxy) is 2. The Balaban J connectivity index is 2.17. The minimum Gasteiger partial charge on any atom is -0.493 e. The zero-order chi connectivity index (χ0) is 18.9. The van der Waals surface area contributed by atoms with Gasteiger partial charge in [-0.25, -0.2) is 0 Å². The van der Waals surface area contributed by atoms with Crippen LogP contribution in [0.5, 0.6) is 11.5 Å². The molecule has 0 saturated heterocycles. The number of nitrogens with one attached hydrogen (secondary N) is 1. The Morgan fingerprint density at radius 3 is 2.58 bits per heavy atom. The highest BCUT2D eigenvalue weighted by atomic mass is 16.5. The van der Waals surface area contributed by atoms with Gasteiger partial charge in [-0.05, 0) is 57.3 Å². The molecule has 1 aromatic carbocycles. The molecule has 4 heteroatoms. The smallest absolute Gasteiger partial charge is 0.164 e. The van der Waals surface area contributed by atoms with Crippen molar-refractivity contribution < 1.29 is 9.47 Å². The van der Waals surface area contributed by atoms with E-state index in [2.05, 4.69) is 43.2 Å². The first-order valence-electron chi connectivity index (χ1n) is 10.4. The second kappa shape index (κ2) is 10.8. The van der Waals surface area contributed by atoms with Crippen LogP contribution in [0, 0.1) is 0 Å². The maximum atomic E-state index is 5.66. The molecule has 4 nitrogen and oxygen atoms in total. The molecule has 0 saturated carbocycles. The summed E-state index contributed by atoms with van der Waals surface area (Å²) in [6.45, 7) is 5.72. The summed E-state index contributed by atoms with van der Waals surface area (Å²) in [5.74, 6) is 1.78. The number of hydrogen-bond acceptors (Lipinski definition) is 4. The first-order chi connectivity index (χ1) is 12.7. The van der Waals surface area contributed by atoms with Crippen molar-refractivity contribution in [1.82, 2.24) is 10.2 Å². The van der Waals surface area contributed by atoms with E-state index in [1.807, 2.05) is 0 Å². The van der Waals surface area contributed by atoms with Crippen molar-refractivity contribution in [3.63, 3.8) is 0 Å². The number of fused-ring (bicyclic) bond motifs is 1. The van der Waals surface area contributed by atoms with Crippen LogP contribution in [-0.4, -0.2) is 44.9 Å². The van der Waals surface area contributed by atoms with Crippen LogP contribution in [0.4, 0.5) is 0 Å². The first-order valence-corrected chi connectivity index (χ1v) is 10.4. The fourth-order valence-corrected chi connectivity index (χ4v) is 4.36. The predicted octanol–water partition coefficient (Wildman–Crippen LogP) is 4.40. The Bertz CT molecular complexity index is 547. The third-order valence-electron chi connectivity index (χ3n) is 5.69. The molecule has 26 heavy (non-hydrogen) atoms. The van der Waals surface area contributed by atoms with E-state index in [9.17, 15) is 0 Å². The second-order valence-electron chi connectivity index (χ2n) is 7.37. The van der Waals surface area contributed by atoms with Crippen LogP contribution in [0.2, 0.25) is 0 Å². The highest BCUT2D eigenvalue weighted by Crippen LogP contribution is 2.38. The summed E-state index contributed by atoms with van der Waals surface area (Å²) in [5.41, 5.74) is 2.76. The summed E-state index contributed by atoms with van der Waals surface area (Å²) in [6, 6.07) is 4.89. The Hall–Kier alpha value is -1.26. The first kappa shape index (κ1) is 21.0. The molecule has 1 N–H and O–H groups in total. The molecule has 0 heterocycles.